The van der Waals surface area contributed by atoms with Crippen molar-refractivity contribution >= 4 is 11.5 Å². The van der Waals surface area contributed by atoms with Crippen molar-refractivity contribution in [2.24, 2.45) is 5.41 Å². The molecule has 0 atom stereocenters. The number of anilines is 1. The number of fused-ring (bicyclic) bond motifs is 1. The van der Waals surface area contributed by atoms with E-state index >= 15 is 0 Å². The molecule has 0 bridgehead atoms. The van der Waals surface area contributed by atoms with Crippen LogP contribution in [-0.2, 0) is 0 Å². The summed E-state index contributed by atoms with van der Waals surface area (Å²) in [6.45, 7) is 2.25. The Morgan fingerprint density at radius 1 is 0.913 bits per heavy atom. The minimum absolute atomic E-state index is 0.588. The van der Waals surface area contributed by atoms with Crippen LogP contribution in [0.3, 0.4) is 0 Å². The van der Waals surface area contributed by atoms with Crippen molar-refractivity contribution in [3.05, 3.63) is 42.5 Å². The van der Waals surface area contributed by atoms with E-state index in [0.29, 0.717) is 5.41 Å². The molecule has 0 radical (unpaired) electrons. The highest BCUT2D eigenvalue weighted by atomic mass is 15.4. The van der Waals surface area contributed by atoms with E-state index in [-0.39, 0.29) is 0 Å². The van der Waals surface area contributed by atoms with Crippen LogP contribution >= 0.6 is 0 Å². The predicted octanol–water partition coefficient (Wildman–Crippen LogP) is 3.17. The van der Waals surface area contributed by atoms with Gasteiger partial charge in [-0.2, -0.15) is 4.52 Å². The van der Waals surface area contributed by atoms with Crippen LogP contribution in [-0.4, -0.2) is 32.9 Å². The van der Waals surface area contributed by atoms with Crippen LogP contribution in [0.4, 0.5) is 5.82 Å². The molecular formula is C18H19N5. The second-order valence-corrected chi connectivity index (χ2v) is 6.88. The molecule has 116 valence electrons. The molecule has 5 heteroatoms. The number of aromatic nitrogens is 4. The zero-order valence-electron chi connectivity index (χ0n) is 13.0. The highest BCUT2D eigenvalue weighted by Gasteiger charge is 2.45. The number of rotatable bonds is 2. The number of hydrogen-bond donors (Lipinski definition) is 0. The third-order valence-electron chi connectivity index (χ3n) is 5.22. The van der Waals surface area contributed by atoms with Crippen molar-refractivity contribution in [3.63, 3.8) is 0 Å². The van der Waals surface area contributed by atoms with Crippen molar-refractivity contribution in [2.75, 3.05) is 18.0 Å². The molecule has 1 saturated heterocycles. The van der Waals surface area contributed by atoms with E-state index in [1.807, 2.05) is 40.9 Å². The second kappa shape index (κ2) is 4.78. The standard InChI is InChI=1S/C18H19N5/c1-2-5-14(6-3-1)17-20-19-15-7-8-16(21-23(15)17)22-12-4-9-18(13-22)10-11-18/h1-3,5-8H,4,9-13H2. The van der Waals surface area contributed by atoms with Gasteiger partial charge in [0.15, 0.2) is 11.5 Å². The van der Waals surface area contributed by atoms with Gasteiger partial charge in [-0.15, -0.1) is 15.3 Å². The first-order valence-corrected chi connectivity index (χ1v) is 8.36. The summed E-state index contributed by atoms with van der Waals surface area (Å²) < 4.78 is 1.87. The molecule has 23 heavy (non-hydrogen) atoms. The number of hydrogen-bond acceptors (Lipinski definition) is 4. The molecule has 2 fully saturated rings. The van der Waals surface area contributed by atoms with Crippen LogP contribution in [0.5, 0.6) is 0 Å². The van der Waals surface area contributed by atoms with E-state index in [0.717, 1.165) is 35.9 Å². The first kappa shape index (κ1) is 13.0. The molecule has 5 rings (SSSR count). The Morgan fingerprint density at radius 3 is 2.61 bits per heavy atom. The average Bonchev–Trinajstić information content (AvgIpc) is 3.21. The fourth-order valence-corrected chi connectivity index (χ4v) is 3.70. The summed E-state index contributed by atoms with van der Waals surface area (Å²) in [6.07, 6.45) is 5.42. The summed E-state index contributed by atoms with van der Waals surface area (Å²) in [5.74, 6) is 1.85. The molecule has 2 aromatic heterocycles. The molecule has 1 aliphatic carbocycles. The highest BCUT2D eigenvalue weighted by molar-refractivity contribution is 5.59. The molecule has 1 aliphatic heterocycles. The summed E-state index contributed by atoms with van der Waals surface area (Å²) in [6, 6.07) is 14.2. The van der Waals surface area contributed by atoms with Gasteiger partial charge >= 0.3 is 0 Å². The van der Waals surface area contributed by atoms with Gasteiger partial charge in [0, 0.05) is 18.7 Å². The molecule has 3 heterocycles. The molecule has 5 nitrogen and oxygen atoms in total. The Balaban J connectivity index is 1.56. The van der Waals surface area contributed by atoms with E-state index in [1.54, 1.807) is 0 Å². The van der Waals surface area contributed by atoms with E-state index in [1.165, 1.54) is 25.7 Å². The van der Waals surface area contributed by atoms with Gasteiger partial charge in [-0.25, -0.2) is 0 Å². The van der Waals surface area contributed by atoms with E-state index in [2.05, 4.69) is 21.2 Å². The van der Waals surface area contributed by atoms with Gasteiger partial charge < -0.3 is 4.90 Å². The highest BCUT2D eigenvalue weighted by Crippen LogP contribution is 2.52. The van der Waals surface area contributed by atoms with Crippen molar-refractivity contribution in [3.8, 4) is 11.4 Å². The monoisotopic (exact) mass is 305 g/mol. The third-order valence-corrected chi connectivity index (χ3v) is 5.22. The summed E-state index contributed by atoms with van der Waals surface area (Å²) in [4.78, 5) is 2.44. The van der Waals surface area contributed by atoms with Gasteiger partial charge in [-0.3, -0.25) is 0 Å². The van der Waals surface area contributed by atoms with Crippen LogP contribution in [0, 0.1) is 5.41 Å². The molecule has 0 amide bonds. The lowest BCUT2D eigenvalue weighted by molar-refractivity contribution is 0.393. The zero-order valence-corrected chi connectivity index (χ0v) is 13.0. The van der Waals surface area contributed by atoms with Crippen LogP contribution in [0.1, 0.15) is 25.7 Å². The van der Waals surface area contributed by atoms with Gasteiger partial charge in [0.05, 0.1) is 0 Å². The van der Waals surface area contributed by atoms with Gasteiger partial charge in [-0.1, -0.05) is 30.3 Å². The SMILES string of the molecule is c1ccc(-c2nnc3ccc(N4CCCC5(CC5)C4)nn23)cc1. The lowest BCUT2D eigenvalue weighted by Gasteiger charge is -2.33. The Kier molecular flexibility index (Phi) is 2.71. The Bertz CT molecular complexity index is 850. The molecule has 1 spiro atoms. The largest absolute Gasteiger partial charge is 0.355 e. The van der Waals surface area contributed by atoms with Gasteiger partial charge in [0.1, 0.15) is 5.82 Å². The third kappa shape index (κ3) is 2.19. The predicted molar refractivity (Wildman–Crippen MR) is 89.3 cm³/mol. The first-order chi connectivity index (χ1) is 11.3. The topological polar surface area (TPSA) is 46.3 Å². The van der Waals surface area contributed by atoms with Crippen LogP contribution in [0.25, 0.3) is 17.0 Å². The van der Waals surface area contributed by atoms with Crippen molar-refractivity contribution in [2.45, 2.75) is 25.7 Å². The average molecular weight is 305 g/mol. The minimum Gasteiger partial charge on any atom is -0.355 e. The molecule has 0 N–H and O–H groups in total. The van der Waals surface area contributed by atoms with E-state index in [4.69, 9.17) is 5.10 Å². The fraction of sp³-hybridized carbons (Fsp3) is 0.389. The smallest absolute Gasteiger partial charge is 0.185 e. The number of benzene rings is 1. The normalized spacial score (nSPS) is 19.4. The van der Waals surface area contributed by atoms with Crippen LogP contribution < -0.4 is 4.90 Å². The summed E-state index contributed by atoms with van der Waals surface area (Å²) >= 11 is 0. The zero-order chi connectivity index (χ0) is 15.3. The van der Waals surface area contributed by atoms with Crippen molar-refractivity contribution in [1.82, 2.24) is 19.8 Å². The van der Waals surface area contributed by atoms with Crippen LogP contribution in [0.2, 0.25) is 0 Å². The first-order valence-electron chi connectivity index (χ1n) is 8.36. The van der Waals surface area contributed by atoms with E-state index in [9.17, 15) is 0 Å². The molecule has 2 aliphatic rings. The Morgan fingerprint density at radius 2 is 1.78 bits per heavy atom. The van der Waals surface area contributed by atoms with Crippen molar-refractivity contribution < 1.29 is 0 Å². The van der Waals surface area contributed by atoms with Crippen LogP contribution in [0.15, 0.2) is 42.5 Å². The minimum atomic E-state index is 0.588. The van der Waals surface area contributed by atoms with Gasteiger partial charge in [-0.05, 0) is 43.2 Å². The lowest BCUT2D eigenvalue weighted by Crippen LogP contribution is -2.37. The maximum absolute atomic E-state index is 4.85. The second-order valence-electron chi connectivity index (χ2n) is 6.88. The maximum Gasteiger partial charge on any atom is 0.185 e. The fourth-order valence-electron chi connectivity index (χ4n) is 3.70. The van der Waals surface area contributed by atoms with Crippen molar-refractivity contribution in [1.29, 1.82) is 0 Å². The lowest BCUT2D eigenvalue weighted by atomic mass is 9.95. The van der Waals surface area contributed by atoms with E-state index < -0.39 is 0 Å². The number of nitrogens with zero attached hydrogens (tertiary/aromatic N) is 5. The quantitative estimate of drug-likeness (QED) is 0.729. The molecule has 3 aromatic rings. The molecule has 1 saturated carbocycles. The summed E-state index contributed by atoms with van der Waals surface area (Å²) in [7, 11) is 0. The Hall–Kier alpha value is -2.43. The number of piperidine rings is 1. The summed E-state index contributed by atoms with van der Waals surface area (Å²) in [5, 5.41) is 13.4. The Labute approximate surface area is 135 Å². The van der Waals surface area contributed by atoms with Gasteiger partial charge in [0.25, 0.3) is 0 Å². The maximum atomic E-state index is 4.85. The van der Waals surface area contributed by atoms with Gasteiger partial charge in [0.2, 0.25) is 0 Å². The summed E-state index contributed by atoms with van der Waals surface area (Å²) in [5.41, 5.74) is 2.43. The molecule has 1 aromatic carbocycles. The molecule has 0 unspecified atom stereocenters. The molecular weight excluding hydrogens is 286 g/mol.